The summed E-state index contributed by atoms with van der Waals surface area (Å²) in [4.78, 5) is 13.6. The van der Waals surface area contributed by atoms with Gasteiger partial charge >= 0.3 is 6.01 Å². The number of rotatable bonds is 6. The van der Waals surface area contributed by atoms with Crippen LogP contribution in [0.25, 0.3) is 32.8 Å². The first-order valence-electron chi connectivity index (χ1n) is 12.5. The van der Waals surface area contributed by atoms with Crippen LogP contribution >= 0.6 is 0 Å². The number of benzene rings is 3. The average Bonchev–Trinajstić information content (AvgIpc) is 3.20. The maximum Gasteiger partial charge on any atom is 0.319 e. The van der Waals surface area contributed by atoms with Crippen molar-refractivity contribution in [3.05, 3.63) is 54.3 Å². The molecule has 2 bridgehead atoms. The number of phenolic OH excluding ortho intramolecular Hbond substituents is 1. The summed E-state index contributed by atoms with van der Waals surface area (Å²) in [5.41, 5.74) is 1.25. The first-order chi connectivity index (χ1) is 17.5. The summed E-state index contributed by atoms with van der Waals surface area (Å²) < 4.78 is 22.2. The first kappa shape index (κ1) is 22.9. The maximum atomic E-state index is 16.3. The van der Waals surface area contributed by atoms with Gasteiger partial charge in [0.1, 0.15) is 23.7 Å². The van der Waals surface area contributed by atoms with Crippen LogP contribution in [0.5, 0.6) is 11.8 Å². The smallest absolute Gasteiger partial charge is 0.319 e. The molecule has 4 aromatic rings. The fraction of sp³-hybridized carbons (Fsp3) is 0.357. The largest absolute Gasteiger partial charge is 0.508 e. The van der Waals surface area contributed by atoms with Crippen LogP contribution in [-0.2, 0) is 0 Å². The average molecular weight is 488 g/mol. The molecular weight excluding hydrogens is 457 g/mol. The SMILES string of the molecule is CN(C)CCOc1nc(N2CC3CCC(C2)N3)c2ccc(-c3cc(O)cc4ccccc34)c(F)c2n1. The van der Waals surface area contributed by atoms with E-state index in [9.17, 15) is 5.11 Å². The number of aromatic hydroxyl groups is 1. The van der Waals surface area contributed by atoms with Crippen LogP contribution in [0, 0.1) is 5.82 Å². The van der Waals surface area contributed by atoms with E-state index in [1.54, 1.807) is 18.2 Å². The molecule has 2 unspecified atom stereocenters. The molecule has 36 heavy (non-hydrogen) atoms. The van der Waals surface area contributed by atoms with Crippen molar-refractivity contribution in [3.63, 3.8) is 0 Å². The van der Waals surface area contributed by atoms with Crippen molar-refractivity contribution >= 4 is 27.5 Å². The molecule has 0 spiro atoms. The Bertz CT molecular complexity index is 1430. The highest BCUT2D eigenvalue weighted by Crippen LogP contribution is 2.38. The van der Waals surface area contributed by atoms with Gasteiger partial charge in [-0.1, -0.05) is 30.3 Å². The lowest BCUT2D eigenvalue weighted by Crippen LogP contribution is -2.51. The van der Waals surface area contributed by atoms with Gasteiger partial charge in [-0.15, -0.1) is 0 Å². The van der Waals surface area contributed by atoms with E-state index in [4.69, 9.17) is 9.72 Å². The van der Waals surface area contributed by atoms with E-state index in [2.05, 4.69) is 15.2 Å². The Balaban J connectivity index is 1.50. The molecule has 1 aromatic heterocycles. The molecule has 7 nitrogen and oxygen atoms in total. The van der Waals surface area contributed by atoms with Crippen molar-refractivity contribution < 1.29 is 14.2 Å². The monoisotopic (exact) mass is 487 g/mol. The zero-order valence-electron chi connectivity index (χ0n) is 20.5. The highest BCUT2D eigenvalue weighted by atomic mass is 19.1. The van der Waals surface area contributed by atoms with Crippen molar-refractivity contribution in [1.29, 1.82) is 0 Å². The van der Waals surface area contributed by atoms with Crippen LogP contribution in [-0.4, -0.2) is 72.4 Å². The lowest BCUT2D eigenvalue weighted by Gasteiger charge is -2.34. The molecule has 2 saturated heterocycles. The standard InChI is InChI=1S/C28H30FN5O2/c1-33(2)11-12-36-28-31-26-23(27(32-28)34-15-18-7-8-19(16-34)30-18)10-9-22(25(26)29)24-14-20(35)13-17-5-3-4-6-21(17)24/h3-6,9-10,13-14,18-19,30,35H,7-8,11-12,15-16H2,1-2H3. The van der Waals surface area contributed by atoms with Gasteiger partial charge in [-0.25, -0.2) is 4.39 Å². The molecule has 8 heteroatoms. The highest BCUT2D eigenvalue weighted by Gasteiger charge is 2.34. The molecule has 2 aliphatic rings. The first-order valence-corrected chi connectivity index (χ1v) is 12.5. The second-order valence-electron chi connectivity index (χ2n) is 10.1. The second kappa shape index (κ2) is 9.19. The Labute approximate surface area is 209 Å². The zero-order valence-corrected chi connectivity index (χ0v) is 20.5. The molecule has 0 aliphatic carbocycles. The number of ether oxygens (including phenoxy) is 1. The highest BCUT2D eigenvalue weighted by molar-refractivity contribution is 6.01. The van der Waals surface area contributed by atoms with Gasteiger partial charge in [0, 0.05) is 42.7 Å². The van der Waals surface area contributed by atoms with Crippen molar-refractivity contribution in [2.24, 2.45) is 0 Å². The number of nitrogens with one attached hydrogen (secondary N) is 1. The van der Waals surface area contributed by atoms with Crippen molar-refractivity contribution in [2.45, 2.75) is 24.9 Å². The summed E-state index contributed by atoms with van der Waals surface area (Å²) in [6, 6.07) is 15.6. The molecule has 3 heterocycles. The number of likely N-dealkylation sites (N-methyl/N-ethyl adjacent to an activating group) is 1. The molecule has 186 valence electrons. The number of piperazine rings is 1. The molecule has 3 aromatic carbocycles. The van der Waals surface area contributed by atoms with Crippen molar-refractivity contribution in [3.8, 4) is 22.9 Å². The van der Waals surface area contributed by atoms with Gasteiger partial charge in [0.2, 0.25) is 0 Å². The number of halogens is 1. The molecule has 0 saturated carbocycles. The van der Waals surface area contributed by atoms with E-state index in [0.29, 0.717) is 47.6 Å². The van der Waals surface area contributed by atoms with E-state index in [1.165, 1.54) is 0 Å². The molecule has 6 rings (SSSR count). The maximum absolute atomic E-state index is 16.3. The molecular formula is C28H30FN5O2. The zero-order chi connectivity index (χ0) is 24.8. The van der Waals surface area contributed by atoms with E-state index < -0.39 is 5.82 Å². The summed E-state index contributed by atoms with van der Waals surface area (Å²) in [6.07, 6.45) is 2.28. The molecule has 2 N–H and O–H groups in total. The van der Waals surface area contributed by atoms with E-state index >= 15 is 4.39 Å². The summed E-state index contributed by atoms with van der Waals surface area (Å²) in [7, 11) is 3.94. The number of aromatic nitrogens is 2. The fourth-order valence-electron chi connectivity index (χ4n) is 5.45. The molecule has 0 radical (unpaired) electrons. The summed E-state index contributed by atoms with van der Waals surface area (Å²) in [5.74, 6) is 0.363. The fourth-order valence-corrected chi connectivity index (χ4v) is 5.45. The third kappa shape index (κ3) is 4.20. The second-order valence-corrected chi connectivity index (χ2v) is 10.1. The van der Waals surface area contributed by atoms with Gasteiger partial charge < -0.3 is 25.0 Å². The summed E-state index contributed by atoms with van der Waals surface area (Å²) >= 11 is 0. The predicted molar refractivity (Wildman–Crippen MR) is 140 cm³/mol. The molecule has 2 fully saturated rings. The minimum atomic E-state index is -0.442. The lowest BCUT2D eigenvalue weighted by molar-refractivity contribution is 0.246. The van der Waals surface area contributed by atoms with Crippen LogP contribution in [0.2, 0.25) is 0 Å². The number of fused-ring (bicyclic) bond motifs is 4. The third-order valence-electron chi connectivity index (χ3n) is 7.19. The minimum Gasteiger partial charge on any atom is -0.508 e. The van der Waals surface area contributed by atoms with E-state index in [1.807, 2.05) is 49.3 Å². The third-order valence-corrected chi connectivity index (χ3v) is 7.19. The quantitative estimate of drug-likeness (QED) is 0.423. The number of nitrogens with zero attached hydrogens (tertiary/aromatic N) is 4. The van der Waals surface area contributed by atoms with Crippen LogP contribution < -0.4 is 15.0 Å². The van der Waals surface area contributed by atoms with E-state index in [0.717, 1.165) is 36.7 Å². The Kier molecular flexibility index (Phi) is 5.85. The normalized spacial score (nSPS) is 19.5. The lowest BCUT2D eigenvalue weighted by atomic mass is 9.96. The van der Waals surface area contributed by atoms with Crippen LogP contribution in [0.4, 0.5) is 10.2 Å². The summed E-state index contributed by atoms with van der Waals surface area (Å²) in [5, 5.41) is 16.4. The number of anilines is 1. The minimum absolute atomic E-state index is 0.0931. The molecule has 0 amide bonds. The van der Waals surface area contributed by atoms with Crippen molar-refractivity contribution in [1.82, 2.24) is 20.2 Å². The van der Waals surface area contributed by atoms with Gasteiger partial charge in [-0.05, 0) is 61.5 Å². The van der Waals surface area contributed by atoms with Gasteiger partial charge in [0.15, 0.2) is 5.82 Å². The van der Waals surface area contributed by atoms with Gasteiger partial charge in [-0.3, -0.25) is 0 Å². The van der Waals surface area contributed by atoms with Gasteiger partial charge in [0.25, 0.3) is 0 Å². The number of hydrogen-bond acceptors (Lipinski definition) is 7. The Morgan fingerprint density at radius 1 is 1.03 bits per heavy atom. The Morgan fingerprint density at radius 3 is 2.58 bits per heavy atom. The summed E-state index contributed by atoms with van der Waals surface area (Å²) in [6.45, 7) is 2.75. The van der Waals surface area contributed by atoms with E-state index in [-0.39, 0.29) is 17.3 Å². The van der Waals surface area contributed by atoms with Crippen LogP contribution in [0.1, 0.15) is 12.8 Å². The van der Waals surface area contributed by atoms with Crippen molar-refractivity contribution in [2.75, 3.05) is 45.2 Å². The number of hydrogen-bond donors (Lipinski definition) is 2. The predicted octanol–water partition coefficient (Wildman–Crippen LogP) is 4.18. The Morgan fingerprint density at radius 2 is 1.81 bits per heavy atom. The Hall–Kier alpha value is -3.49. The number of phenols is 1. The molecule has 2 aliphatic heterocycles. The van der Waals surface area contributed by atoms with Crippen LogP contribution in [0.15, 0.2) is 48.5 Å². The topological polar surface area (TPSA) is 73.8 Å². The molecule has 2 atom stereocenters. The van der Waals surface area contributed by atoms with Crippen LogP contribution in [0.3, 0.4) is 0 Å². The van der Waals surface area contributed by atoms with Gasteiger partial charge in [0.05, 0.1) is 0 Å². The van der Waals surface area contributed by atoms with Gasteiger partial charge in [-0.2, -0.15) is 9.97 Å².